The van der Waals surface area contributed by atoms with Crippen LogP contribution in [0.1, 0.15) is 39.2 Å². The third kappa shape index (κ3) is 2.87. The number of thioether (sulfide) groups is 1. The molecule has 138 valence electrons. The van der Waals surface area contributed by atoms with Crippen molar-refractivity contribution >= 4 is 51.9 Å². The highest BCUT2D eigenvalue weighted by molar-refractivity contribution is 8.15. The average Bonchev–Trinajstić information content (AvgIpc) is 3.04. The standard InChI is InChI=1S/C17H19ClN4O3S/c1-4-5-8-21-14-7-6-12(18)9-13(14)17(15(21)25)22(11(3)24)20-16(26-17)19-10(2)23/h6-7,9H,4-5,8H2,1-3H3,(H,19,20,23). The van der Waals surface area contributed by atoms with Crippen molar-refractivity contribution in [3.05, 3.63) is 28.8 Å². The van der Waals surface area contributed by atoms with Gasteiger partial charge in [-0.05, 0) is 36.4 Å². The van der Waals surface area contributed by atoms with E-state index in [1.165, 1.54) is 13.8 Å². The van der Waals surface area contributed by atoms with Gasteiger partial charge in [0.05, 0.1) is 5.69 Å². The molecule has 0 saturated carbocycles. The molecule has 1 spiro atoms. The lowest BCUT2D eigenvalue weighted by Crippen LogP contribution is -2.48. The molecule has 1 atom stereocenters. The molecule has 26 heavy (non-hydrogen) atoms. The van der Waals surface area contributed by atoms with Crippen molar-refractivity contribution in [2.75, 3.05) is 11.4 Å². The van der Waals surface area contributed by atoms with Crippen molar-refractivity contribution in [1.29, 1.82) is 0 Å². The summed E-state index contributed by atoms with van der Waals surface area (Å²) in [5, 5.41) is 8.60. The number of hydrogen-bond donors (Lipinski definition) is 1. The Bertz CT molecular complexity index is 828. The second-order valence-corrected chi connectivity index (χ2v) is 7.75. The molecule has 3 rings (SSSR count). The van der Waals surface area contributed by atoms with Crippen molar-refractivity contribution in [3.8, 4) is 0 Å². The van der Waals surface area contributed by atoms with Crippen LogP contribution < -0.4 is 10.2 Å². The van der Waals surface area contributed by atoms with Gasteiger partial charge >= 0.3 is 0 Å². The topological polar surface area (TPSA) is 82.1 Å². The molecule has 1 unspecified atom stereocenters. The second-order valence-electron chi connectivity index (χ2n) is 6.14. The molecule has 2 heterocycles. The first kappa shape index (κ1) is 18.7. The first-order valence-electron chi connectivity index (χ1n) is 8.29. The molecule has 9 heteroatoms. The summed E-state index contributed by atoms with van der Waals surface area (Å²) >= 11 is 7.24. The summed E-state index contributed by atoms with van der Waals surface area (Å²) < 4.78 is 0. The number of carbonyl (C=O) groups excluding carboxylic acids is 3. The number of anilines is 1. The summed E-state index contributed by atoms with van der Waals surface area (Å²) in [6, 6.07) is 5.20. The zero-order valence-electron chi connectivity index (χ0n) is 14.7. The molecular weight excluding hydrogens is 376 g/mol. The molecule has 2 aliphatic heterocycles. The highest BCUT2D eigenvalue weighted by Crippen LogP contribution is 2.54. The van der Waals surface area contributed by atoms with Gasteiger partial charge in [-0.1, -0.05) is 24.9 Å². The summed E-state index contributed by atoms with van der Waals surface area (Å²) in [5.41, 5.74) is 1.32. The Morgan fingerprint density at radius 3 is 2.69 bits per heavy atom. The fourth-order valence-electron chi connectivity index (χ4n) is 3.12. The molecule has 1 aromatic carbocycles. The van der Waals surface area contributed by atoms with Crippen LogP contribution in [0.2, 0.25) is 5.02 Å². The van der Waals surface area contributed by atoms with Crippen molar-refractivity contribution in [1.82, 2.24) is 10.3 Å². The molecule has 0 saturated heterocycles. The average molecular weight is 395 g/mol. The number of rotatable bonds is 3. The van der Waals surface area contributed by atoms with Gasteiger partial charge < -0.3 is 10.2 Å². The molecule has 1 N–H and O–H groups in total. The molecule has 0 radical (unpaired) electrons. The Labute approximate surface area is 160 Å². The lowest BCUT2D eigenvalue weighted by molar-refractivity contribution is -0.139. The number of carbonyl (C=O) groups is 3. The summed E-state index contributed by atoms with van der Waals surface area (Å²) in [6.45, 7) is 5.27. The van der Waals surface area contributed by atoms with Crippen molar-refractivity contribution < 1.29 is 14.4 Å². The number of benzene rings is 1. The van der Waals surface area contributed by atoms with Crippen LogP contribution in [0.3, 0.4) is 0 Å². The maximum Gasteiger partial charge on any atom is 0.270 e. The number of nitrogens with one attached hydrogen (secondary N) is 1. The first-order valence-corrected chi connectivity index (χ1v) is 9.48. The summed E-state index contributed by atoms with van der Waals surface area (Å²) in [6.07, 6.45) is 1.75. The maximum absolute atomic E-state index is 13.4. The van der Waals surface area contributed by atoms with Gasteiger partial charge in [0, 0.05) is 31.0 Å². The number of amides is 3. The molecule has 0 aliphatic carbocycles. The number of unbranched alkanes of at least 4 members (excludes halogenated alkanes) is 1. The van der Waals surface area contributed by atoms with Crippen LogP contribution in [0.25, 0.3) is 0 Å². The van der Waals surface area contributed by atoms with E-state index in [-0.39, 0.29) is 17.0 Å². The Kier molecular flexibility index (Phi) is 4.98. The summed E-state index contributed by atoms with van der Waals surface area (Å²) in [7, 11) is 0. The molecule has 1 aromatic rings. The van der Waals surface area contributed by atoms with Crippen LogP contribution in [0.5, 0.6) is 0 Å². The van der Waals surface area contributed by atoms with E-state index in [0.29, 0.717) is 22.8 Å². The van der Waals surface area contributed by atoms with E-state index < -0.39 is 10.8 Å². The van der Waals surface area contributed by atoms with Gasteiger partial charge in [-0.3, -0.25) is 14.4 Å². The van der Waals surface area contributed by atoms with E-state index in [1.54, 1.807) is 23.1 Å². The fraction of sp³-hybridized carbons (Fsp3) is 0.412. The van der Waals surface area contributed by atoms with Crippen LogP contribution in [-0.4, -0.2) is 34.4 Å². The van der Waals surface area contributed by atoms with Crippen LogP contribution in [-0.2, 0) is 19.3 Å². The first-order chi connectivity index (χ1) is 12.3. The zero-order valence-corrected chi connectivity index (χ0v) is 16.3. The van der Waals surface area contributed by atoms with Crippen LogP contribution in [0, 0.1) is 0 Å². The molecule has 0 fully saturated rings. The Hall–Kier alpha value is -2.06. The monoisotopic (exact) mass is 394 g/mol. The number of hydrogen-bond acceptors (Lipinski definition) is 5. The summed E-state index contributed by atoms with van der Waals surface area (Å²) in [4.78, 5) is 37.5. The molecule has 2 aliphatic rings. The Morgan fingerprint density at radius 1 is 1.35 bits per heavy atom. The largest absolute Gasteiger partial charge is 0.309 e. The predicted molar refractivity (Wildman–Crippen MR) is 102 cm³/mol. The van der Waals surface area contributed by atoms with E-state index in [4.69, 9.17) is 11.6 Å². The predicted octanol–water partition coefficient (Wildman–Crippen LogP) is 2.64. The quantitative estimate of drug-likeness (QED) is 0.854. The van der Waals surface area contributed by atoms with E-state index in [1.807, 2.05) is 6.92 Å². The van der Waals surface area contributed by atoms with Gasteiger partial charge in [0.25, 0.3) is 5.91 Å². The normalized spacial score (nSPS) is 21.2. The fourth-order valence-corrected chi connectivity index (χ4v) is 4.62. The third-order valence-electron chi connectivity index (χ3n) is 4.20. The van der Waals surface area contributed by atoms with Crippen LogP contribution in [0.15, 0.2) is 23.3 Å². The van der Waals surface area contributed by atoms with Gasteiger partial charge in [-0.15, -0.1) is 5.10 Å². The number of hydrazone groups is 1. The number of nitrogens with zero attached hydrogens (tertiary/aromatic N) is 3. The lowest BCUT2D eigenvalue weighted by atomic mass is 10.1. The van der Waals surface area contributed by atoms with Crippen LogP contribution >= 0.6 is 23.4 Å². The van der Waals surface area contributed by atoms with E-state index >= 15 is 0 Å². The molecule has 7 nitrogen and oxygen atoms in total. The molecule has 0 aromatic heterocycles. The maximum atomic E-state index is 13.4. The SMILES string of the molecule is CCCCN1C(=O)C2(SC(NC(C)=O)=NN2C(C)=O)c2cc(Cl)ccc21. The molecule has 0 bridgehead atoms. The smallest absolute Gasteiger partial charge is 0.270 e. The summed E-state index contributed by atoms with van der Waals surface area (Å²) in [5.74, 6) is -0.974. The Morgan fingerprint density at radius 2 is 2.08 bits per heavy atom. The molecular formula is C17H19ClN4O3S. The zero-order chi connectivity index (χ0) is 19.1. The van der Waals surface area contributed by atoms with Gasteiger partial charge in [-0.2, -0.15) is 5.01 Å². The van der Waals surface area contributed by atoms with Gasteiger partial charge in [0.2, 0.25) is 16.7 Å². The van der Waals surface area contributed by atoms with Crippen molar-refractivity contribution in [3.63, 3.8) is 0 Å². The highest BCUT2D eigenvalue weighted by Gasteiger charge is 2.61. The minimum Gasteiger partial charge on any atom is -0.309 e. The number of amidine groups is 1. The third-order valence-corrected chi connectivity index (χ3v) is 5.67. The van der Waals surface area contributed by atoms with Gasteiger partial charge in [0.1, 0.15) is 0 Å². The van der Waals surface area contributed by atoms with Gasteiger partial charge in [0.15, 0.2) is 5.17 Å². The van der Waals surface area contributed by atoms with Crippen LogP contribution in [0.4, 0.5) is 5.69 Å². The second kappa shape index (κ2) is 6.92. The number of halogens is 1. The number of fused-ring (bicyclic) bond motifs is 2. The van der Waals surface area contributed by atoms with E-state index in [2.05, 4.69) is 10.4 Å². The minimum atomic E-state index is -1.38. The van der Waals surface area contributed by atoms with E-state index in [9.17, 15) is 14.4 Å². The van der Waals surface area contributed by atoms with Crippen molar-refractivity contribution in [2.24, 2.45) is 5.10 Å². The van der Waals surface area contributed by atoms with Gasteiger partial charge in [-0.25, -0.2) is 0 Å². The van der Waals surface area contributed by atoms with Crippen molar-refractivity contribution in [2.45, 2.75) is 38.5 Å². The van der Waals surface area contributed by atoms with E-state index in [0.717, 1.165) is 29.6 Å². The Balaban J connectivity index is 2.13. The lowest BCUT2D eigenvalue weighted by Gasteiger charge is -2.29. The molecule has 3 amide bonds. The highest BCUT2D eigenvalue weighted by atomic mass is 35.5. The minimum absolute atomic E-state index is 0.212.